The Hall–Kier alpha value is -2.04. The maximum absolute atomic E-state index is 11.8. The quantitative estimate of drug-likeness (QED) is 0.864. The first kappa shape index (κ1) is 13.0. The topological polar surface area (TPSA) is 75.6 Å². The second-order valence-corrected chi connectivity index (χ2v) is 5.66. The minimum absolute atomic E-state index is 0.197. The van der Waals surface area contributed by atoms with E-state index in [9.17, 15) is 14.7 Å². The zero-order chi connectivity index (χ0) is 14.2. The summed E-state index contributed by atoms with van der Waals surface area (Å²) in [6, 6.07) is 9.40. The van der Waals surface area contributed by atoms with Crippen molar-refractivity contribution in [3.63, 3.8) is 0 Å². The zero-order valence-electron chi connectivity index (χ0n) is 11.1. The van der Waals surface area contributed by atoms with Crippen molar-refractivity contribution in [2.24, 2.45) is 5.41 Å². The van der Waals surface area contributed by atoms with E-state index in [1.165, 1.54) is 0 Å². The molecule has 2 aliphatic rings. The molecule has 0 atom stereocenters. The predicted molar refractivity (Wildman–Crippen MR) is 71.0 cm³/mol. The van der Waals surface area contributed by atoms with Crippen molar-refractivity contribution in [2.45, 2.75) is 37.8 Å². The number of benzene rings is 1. The molecule has 0 saturated heterocycles. The molecule has 0 radical (unpaired) electrons. The Morgan fingerprint density at radius 3 is 2.30 bits per heavy atom. The number of carbonyl (C=O) groups excluding carboxylic acids is 1. The van der Waals surface area contributed by atoms with Crippen molar-refractivity contribution < 1.29 is 19.4 Å². The third kappa shape index (κ3) is 2.13. The third-order valence-corrected chi connectivity index (χ3v) is 4.38. The minimum Gasteiger partial charge on any atom is -0.481 e. The SMILES string of the molecule is O=C(NC1(C2(C(=O)O)CC2)CC1)OCc1ccccc1. The number of hydrogen-bond donors (Lipinski definition) is 2. The molecular weight excluding hydrogens is 258 g/mol. The largest absolute Gasteiger partial charge is 0.481 e. The van der Waals surface area contributed by atoms with Gasteiger partial charge < -0.3 is 15.2 Å². The fraction of sp³-hybridized carbons (Fsp3) is 0.467. The van der Waals surface area contributed by atoms with Crippen LogP contribution in [0, 0.1) is 5.41 Å². The van der Waals surface area contributed by atoms with Gasteiger partial charge in [-0.3, -0.25) is 4.79 Å². The van der Waals surface area contributed by atoms with Crippen LogP contribution in [0.25, 0.3) is 0 Å². The van der Waals surface area contributed by atoms with Gasteiger partial charge in [0.2, 0.25) is 0 Å². The lowest BCUT2D eigenvalue weighted by atomic mass is 9.94. The van der Waals surface area contributed by atoms with Crippen molar-refractivity contribution in [1.29, 1.82) is 0 Å². The van der Waals surface area contributed by atoms with Gasteiger partial charge in [-0.05, 0) is 31.2 Å². The Morgan fingerprint density at radius 1 is 1.15 bits per heavy atom. The lowest BCUT2D eigenvalue weighted by Gasteiger charge is -2.23. The highest BCUT2D eigenvalue weighted by Crippen LogP contribution is 2.64. The van der Waals surface area contributed by atoms with Crippen LogP contribution in [0.15, 0.2) is 30.3 Å². The first-order chi connectivity index (χ1) is 9.58. The molecule has 106 valence electrons. The van der Waals surface area contributed by atoms with Crippen LogP contribution in [0.2, 0.25) is 0 Å². The third-order valence-electron chi connectivity index (χ3n) is 4.38. The normalized spacial score (nSPS) is 20.8. The first-order valence-electron chi connectivity index (χ1n) is 6.80. The summed E-state index contributed by atoms with van der Waals surface area (Å²) >= 11 is 0. The molecule has 2 fully saturated rings. The number of carbonyl (C=O) groups is 2. The fourth-order valence-corrected chi connectivity index (χ4v) is 2.82. The summed E-state index contributed by atoms with van der Waals surface area (Å²) in [6.45, 7) is 0.197. The summed E-state index contributed by atoms with van der Waals surface area (Å²) < 4.78 is 5.16. The Labute approximate surface area is 116 Å². The molecule has 1 aromatic rings. The number of amides is 1. The Kier molecular flexibility index (Phi) is 2.92. The van der Waals surface area contributed by atoms with Crippen LogP contribution in [-0.4, -0.2) is 22.7 Å². The molecule has 1 aromatic carbocycles. The summed E-state index contributed by atoms with van der Waals surface area (Å²) in [5.74, 6) is -0.807. The number of hydrogen-bond acceptors (Lipinski definition) is 3. The van der Waals surface area contributed by atoms with Crippen LogP contribution in [0.1, 0.15) is 31.2 Å². The van der Waals surface area contributed by atoms with Crippen molar-refractivity contribution >= 4 is 12.1 Å². The average Bonchev–Trinajstić information content (AvgIpc) is 3.31. The maximum Gasteiger partial charge on any atom is 0.407 e. The van der Waals surface area contributed by atoms with E-state index in [-0.39, 0.29) is 6.61 Å². The van der Waals surface area contributed by atoms with E-state index < -0.39 is 23.0 Å². The maximum atomic E-state index is 11.8. The van der Waals surface area contributed by atoms with Gasteiger partial charge in [-0.1, -0.05) is 30.3 Å². The number of carboxylic acids is 1. The van der Waals surface area contributed by atoms with Crippen molar-refractivity contribution in [3.05, 3.63) is 35.9 Å². The van der Waals surface area contributed by atoms with E-state index in [1.54, 1.807) is 0 Å². The van der Waals surface area contributed by atoms with Gasteiger partial charge in [-0.2, -0.15) is 0 Å². The standard InChI is InChI=1S/C15H17NO4/c17-12(18)14(6-7-14)15(8-9-15)16-13(19)20-10-11-4-2-1-3-5-11/h1-5H,6-10H2,(H,16,19)(H,17,18). The summed E-state index contributed by atoms with van der Waals surface area (Å²) in [5, 5.41) is 12.1. The molecule has 0 bridgehead atoms. The van der Waals surface area contributed by atoms with Crippen LogP contribution >= 0.6 is 0 Å². The van der Waals surface area contributed by atoms with Crippen molar-refractivity contribution in [2.75, 3.05) is 0 Å². The molecule has 0 heterocycles. The fourth-order valence-electron chi connectivity index (χ4n) is 2.82. The lowest BCUT2D eigenvalue weighted by molar-refractivity contribution is -0.145. The number of nitrogens with one attached hydrogen (secondary N) is 1. The van der Waals surface area contributed by atoms with Gasteiger partial charge in [0.25, 0.3) is 0 Å². The molecule has 2 saturated carbocycles. The molecule has 0 aliphatic heterocycles. The van der Waals surface area contributed by atoms with E-state index in [1.807, 2.05) is 30.3 Å². The number of ether oxygens (including phenoxy) is 1. The molecule has 3 rings (SSSR count). The van der Waals surface area contributed by atoms with Gasteiger partial charge in [-0.15, -0.1) is 0 Å². The summed E-state index contributed by atoms with van der Waals surface area (Å²) in [4.78, 5) is 23.2. The number of alkyl carbamates (subject to hydrolysis) is 1. The van der Waals surface area contributed by atoms with Gasteiger partial charge in [0.1, 0.15) is 6.61 Å². The molecular formula is C15H17NO4. The zero-order valence-corrected chi connectivity index (χ0v) is 11.1. The monoisotopic (exact) mass is 275 g/mol. The van der Waals surface area contributed by atoms with E-state index >= 15 is 0 Å². The van der Waals surface area contributed by atoms with Gasteiger partial charge in [-0.25, -0.2) is 4.79 Å². The smallest absolute Gasteiger partial charge is 0.407 e. The number of rotatable bonds is 5. The minimum atomic E-state index is -0.807. The van der Waals surface area contributed by atoms with Crippen LogP contribution in [0.5, 0.6) is 0 Å². The molecule has 0 aromatic heterocycles. The van der Waals surface area contributed by atoms with Gasteiger partial charge >= 0.3 is 12.1 Å². The Balaban J connectivity index is 1.56. The highest BCUT2D eigenvalue weighted by Gasteiger charge is 2.71. The molecule has 0 unspecified atom stereocenters. The van der Waals surface area contributed by atoms with E-state index in [0.717, 1.165) is 18.4 Å². The summed E-state index contributed by atoms with van der Waals surface area (Å²) in [7, 11) is 0. The van der Waals surface area contributed by atoms with Crippen molar-refractivity contribution in [3.8, 4) is 0 Å². The Morgan fingerprint density at radius 2 is 1.80 bits per heavy atom. The molecule has 1 amide bonds. The molecule has 5 heteroatoms. The van der Waals surface area contributed by atoms with Crippen LogP contribution < -0.4 is 5.32 Å². The van der Waals surface area contributed by atoms with Gasteiger partial charge in [0, 0.05) is 0 Å². The van der Waals surface area contributed by atoms with Gasteiger partial charge in [0.15, 0.2) is 0 Å². The Bertz CT molecular complexity index is 532. The predicted octanol–water partition coefficient (Wildman–Crippen LogP) is 2.31. The summed E-state index contributed by atoms with van der Waals surface area (Å²) in [5.41, 5.74) is -0.419. The second kappa shape index (κ2) is 4.51. The number of aliphatic carboxylic acids is 1. The first-order valence-corrected chi connectivity index (χ1v) is 6.80. The highest BCUT2D eigenvalue weighted by atomic mass is 16.5. The molecule has 0 spiro atoms. The van der Waals surface area contributed by atoms with E-state index in [2.05, 4.69) is 5.32 Å². The molecule has 2 aliphatic carbocycles. The highest BCUT2D eigenvalue weighted by molar-refractivity contribution is 5.82. The van der Waals surface area contributed by atoms with Crippen LogP contribution in [0.4, 0.5) is 4.79 Å². The molecule has 2 N–H and O–H groups in total. The number of carboxylic acid groups (broad SMARTS) is 1. The summed E-state index contributed by atoms with van der Waals surface area (Å²) in [6.07, 6.45) is 2.20. The van der Waals surface area contributed by atoms with Crippen LogP contribution in [0.3, 0.4) is 0 Å². The van der Waals surface area contributed by atoms with Gasteiger partial charge in [0.05, 0.1) is 11.0 Å². The average molecular weight is 275 g/mol. The van der Waals surface area contributed by atoms with E-state index in [0.29, 0.717) is 12.8 Å². The molecule has 5 nitrogen and oxygen atoms in total. The lowest BCUT2D eigenvalue weighted by Crippen LogP contribution is -2.47. The molecule has 20 heavy (non-hydrogen) atoms. The van der Waals surface area contributed by atoms with Crippen molar-refractivity contribution in [1.82, 2.24) is 5.32 Å². The van der Waals surface area contributed by atoms with Crippen LogP contribution in [-0.2, 0) is 16.1 Å². The van der Waals surface area contributed by atoms with E-state index in [4.69, 9.17) is 4.74 Å². The second-order valence-electron chi connectivity index (χ2n) is 5.66.